The largest absolute Gasteiger partial charge is 0.390 e. The van der Waals surface area contributed by atoms with Crippen LogP contribution in [0.1, 0.15) is 40.5 Å². The Morgan fingerprint density at radius 1 is 1.31 bits per heavy atom. The lowest BCUT2D eigenvalue weighted by atomic mass is 9.86. The van der Waals surface area contributed by atoms with E-state index in [0.29, 0.717) is 5.92 Å². The molecule has 96 valence electrons. The molecule has 3 atom stereocenters. The maximum absolute atomic E-state index is 10.0. The minimum atomic E-state index is -0.839. The Kier molecular flexibility index (Phi) is 7.38. The van der Waals surface area contributed by atoms with Crippen LogP contribution in [0.25, 0.3) is 0 Å². The zero-order chi connectivity index (χ0) is 12.7. The van der Waals surface area contributed by atoms with Gasteiger partial charge in [0.25, 0.3) is 0 Å². The summed E-state index contributed by atoms with van der Waals surface area (Å²) >= 11 is 0. The lowest BCUT2D eigenvalue weighted by molar-refractivity contribution is -0.00771. The van der Waals surface area contributed by atoms with Gasteiger partial charge in [0.1, 0.15) is 6.10 Å². The average molecular weight is 230 g/mol. The zero-order valence-electron chi connectivity index (χ0n) is 10.8. The maximum atomic E-state index is 10.0. The number of nitrogens with two attached hydrogens (primary N) is 1. The molecule has 0 aliphatic rings. The predicted molar refractivity (Wildman–Crippen MR) is 66.3 cm³/mol. The van der Waals surface area contributed by atoms with Crippen molar-refractivity contribution in [2.75, 3.05) is 0 Å². The van der Waals surface area contributed by atoms with Crippen LogP contribution in [-0.4, -0.2) is 22.4 Å². The number of nitrogens with one attached hydrogen (secondary N) is 1. The van der Waals surface area contributed by atoms with Crippen LogP contribution in [0, 0.1) is 11.8 Å². The second-order valence-electron chi connectivity index (χ2n) is 4.67. The summed E-state index contributed by atoms with van der Waals surface area (Å²) in [4.78, 5) is 0. The number of aliphatic hydroxyl groups is 2. The van der Waals surface area contributed by atoms with E-state index in [1.807, 2.05) is 27.7 Å². The molecule has 0 aromatic carbocycles. The molecule has 0 bridgehead atoms. The molecule has 0 aromatic heterocycles. The summed E-state index contributed by atoms with van der Waals surface area (Å²) in [6, 6.07) is 0. The number of aliphatic hydroxyl groups excluding tert-OH is 2. The van der Waals surface area contributed by atoms with Crippen molar-refractivity contribution in [3.8, 4) is 0 Å². The quantitative estimate of drug-likeness (QED) is 0.391. The number of hydrogen-bond donors (Lipinski definition) is 4. The van der Waals surface area contributed by atoms with Crippen molar-refractivity contribution < 1.29 is 10.2 Å². The molecular formula is C12H26N2O2. The lowest BCUT2D eigenvalue weighted by Crippen LogP contribution is -2.36. The van der Waals surface area contributed by atoms with E-state index in [0.717, 1.165) is 18.4 Å². The Morgan fingerprint density at radius 3 is 2.25 bits per heavy atom. The van der Waals surface area contributed by atoms with Gasteiger partial charge in [0.2, 0.25) is 0 Å². The van der Waals surface area contributed by atoms with Crippen LogP contribution in [0.15, 0.2) is 11.8 Å². The third-order valence-corrected chi connectivity index (χ3v) is 3.10. The van der Waals surface area contributed by atoms with E-state index >= 15 is 0 Å². The Balaban J connectivity index is 4.60. The summed E-state index contributed by atoms with van der Waals surface area (Å²) < 4.78 is 0. The first-order valence-electron chi connectivity index (χ1n) is 5.96. The lowest BCUT2D eigenvalue weighted by Gasteiger charge is -2.28. The normalized spacial score (nSPS) is 18.4. The molecule has 0 aliphatic heterocycles. The van der Waals surface area contributed by atoms with Crippen LogP contribution in [0.3, 0.4) is 0 Å². The molecule has 16 heavy (non-hydrogen) atoms. The molecule has 0 fully saturated rings. The highest BCUT2D eigenvalue weighted by Gasteiger charge is 2.27. The standard InChI is InChI=1S/C12H26N2O2/c1-5-6-10(7-14-13)12(16)11(15)9(4)8(2)3/h7-9,11-12,14-16H,5-6,13H2,1-4H3/b10-7+/t9?,11-,12+/m0/s1. The van der Waals surface area contributed by atoms with Gasteiger partial charge in [-0.3, -0.25) is 5.84 Å². The van der Waals surface area contributed by atoms with Gasteiger partial charge in [-0.25, -0.2) is 0 Å². The van der Waals surface area contributed by atoms with E-state index < -0.39 is 12.2 Å². The Labute approximate surface area is 98.5 Å². The van der Waals surface area contributed by atoms with Crippen molar-refractivity contribution in [1.82, 2.24) is 5.43 Å². The monoisotopic (exact) mass is 230 g/mol. The van der Waals surface area contributed by atoms with Crippen molar-refractivity contribution in [1.29, 1.82) is 0 Å². The molecule has 4 heteroatoms. The van der Waals surface area contributed by atoms with E-state index in [1.54, 1.807) is 6.20 Å². The van der Waals surface area contributed by atoms with Crippen LogP contribution >= 0.6 is 0 Å². The van der Waals surface area contributed by atoms with Gasteiger partial charge in [-0.2, -0.15) is 0 Å². The van der Waals surface area contributed by atoms with Gasteiger partial charge in [-0.1, -0.05) is 34.1 Å². The Bertz CT molecular complexity index is 217. The average Bonchev–Trinajstić information content (AvgIpc) is 2.25. The molecule has 0 saturated carbocycles. The van der Waals surface area contributed by atoms with E-state index in [1.165, 1.54) is 0 Å². The molecule has 0 spiro atoms. The first kappa shape index (κ1) is 15.4. The summed E-state index contributed by atoms with van der Waals surface area (Å²) in [5, 5.41) is 20.1. The minimum Gasteiger partial charge on any atom is -0.390 e. The smallest absolute Gasteiger partial charge is 0.103 e. The summed E-state index contributed by atoms with van der Waals surface area (Å²) in [5.74, 6) is 5.60. The van der Waals surface area contributed by atoms with Gasteiger partial charge in [0.15, 0.2) is 0 Å². The summed E-state index contributed by atoms with van der Waals surface area (Å²) in [6.07, 6.45) is 1.63. The van der Waals surface area contributed by atoms with Crippen molar-refractivity contribution in [3.05, 3.63) is 11.8 Å². The Morgan fingerprint density at radius 2 is 1.88 bits per heavy atom. The van der Waals surface area contributed by atoms with Crippen molar-refractivity contribution in [2.24, 2.45) is 17.7 Å². The molecule has 0 amide bonds. The van der Waals surface area contributed by atoms with Crippen molar-refractivity contribution >= 4 is 0 Å². The predicted octanol–water partition coefficient (Wildman–Crippen LogP) is 1.15. The highest BCUT2D eigenvalue weighted by molar-refractivity contribution is 5.09. The van der Waals surface area contributed by atoms with Crippen molar-refractivity contribution in [3.63, 3.8) is 0 Å². The van der Waals surface area contributed by atoms with Crippen LogP contribution < -0.4 is 11.3 Å². The number of rotatable bonds is 7. The highest BCUT2D eigenvalue weighted by Crippen LogP contribution is 2.22. The zero-order valence-corrected chi connectivity index (χ0v) is 10.8. The molecule has 4 nitrogen and oxygen atoms in total. The fraction of sp³-hybridized carbons (Fsp3) is 0.833. The molecule has 0 saturated heterocycles. The fourth-order valence-corrected chi connectivity index (χ4v) is 1.60. The molecule has 0 radical (unpaired) electrons. The van der Waals surface area contributed by atoms with Crippen LogP contribution in [0.2, 0.25) is 0 Å². The maximum Gasteiger partial charge on any atom is 0.103 e. The second-order valence-corrected chi connectivity index (χ2v) is 4.67. The summed E-state index contributed by atoms with van der Waals surface area (Å²) in [6.45, 7) is 8.03. The van der Waals surface area contributed by atoms with Gasteiger partial charge in [-0.05, 0) is 23.8 Å². The third kappa shape index (κ3) is 4.51. The topological polar surface area (TPSA) is 78.5 Å². The van der Waals surface area contributed by atoms with Gasteiger partial charge in [-0.15, -0.1) is 0 Å². The first-order chi connectivity index (χ1) is 7.45. The van der Waals surface area contributed by atoms with Gasteiger partial charge in [0.05, 0.1) is 6.10 Å². The van der Waals surface area contributed by atoms with Gasteiger partial charge >= 0.3 is 0 Å². The Hall–Kier alpha value is -0.580. The molecule has 0 heterocycles. The summed E-state index contributed by atoms with van der Waals surface area (Å²) in [5.41, 5.74) is 3.18. The third-order valence-electron chi connectivity index (χ3n) is 3.10. The molecule has 5 N–H and O–H groups in total. The number of hydrogen-bond acceptors (Lipinski definition) is 4. The minimum absolute atomic E-state index is 0.0491. The first-order valence-corrected chi connectivity index (χ1v) is 5.96. The van der Waals surface area contributed by atoms with E-state index in [-0.39, 0.29) is 5.92 Å². The summed E-state index contributed by atoms with van der Waals surface area (Å²) in [7, 11) is 0. The molecule has 0 aromatic rings. The molecule has 0 rings (SSSR count). The SMILES string of the molecule is CCC/C(=C\NN)[C@@H](O)[C@@H](O)C(C)C(C)C. The molecular weight excluding hydrogens is 204 g/mol. The molecule has 1 unspecified atom stereocenters. The van der Waals surface area contributed by atoms with Crippen molar-refractivity contribution in [2.45, 2.75) is 52.7 Å². The van der Waals surface area contributed by atoms with Gasteiger partial charge < -0.3 is 15.6 Å². The van der Waals surface area contributed by atoms with Crippen LogP contribution in [-0.2, 0) is 0 Å². The van der Waals surface area contributed by atoms with E-state index in [4.69, 9.17) is 5.84 Å². The van der Waals surface area contributed by atoms with Gasteiger partial charge in [0, 0.05) is 6.20 Å². The molecule has 0 aliphatic carbocycles. The van der Waals surface area contributed by atoms with Crippen LogP contribution in [0.5, 0.6) is 0 Å². The van der Waals surface area contributed by atoms with E-state index in [9.17, 15) is 10.2 Å². The highest BCUT2D eigenvalue weighted by atomic mass is 16.3. The fourth-order valence-electron chi connectivity index (χ4n) is 1.60. The number of hydrazine groups is 1. The second kappa shape index (κ2) is 7.65. The van der Waals surface area contributed by atoms with Crippen LogP contribution in [0.4, 0.5) is 0 Å². The van der Waals surface area contributed by atoms with E-state index in [2.05, 4.69) is 5.43 Å².